The summed E-state index contributed by atoms with van der Waals surface area (Å²) in [6, 6.07) is 5.61. The Morgan fingerprint density at radius 2 is 1.71 bits per heavy atom. The Morgan fingerprint density at radius 1 is 1.12 bits per heavy atom. The Morgan fingerprint density at radius 3 is 2.29 bits per heavy atom. The molecular weight excluding hydrogens is 327 g/mol. The Bertz CT molecular complexity index is 595. The average molecular weight is 345 g/mol. The zero-order chi connectivity index (χ0) is 17.7. The SMILES string of the molecule is O=C(O)C1CCC(C(=O)NCc2ccccc2OC(F)(F)F)CC1. The molecule has 0 aliphatic heterocycles. The Balaban J connectivity index is 1.90. The monoisotopic (exact) mass is 345 g/mol. The van der Waals surface area contributed by atoms with Crippen molar-refractivity contribution in [3.8, 4) is 5.75 Å². The Kier molecular flexibility index (Phi) is 5.69. The summed E-state index contributed by atoms with van der Waals surface area (Å²) in [5, 5.41) is 11.5. The number of hydrogen-bond donors (Lipinski definition) is 2. The second-order valence-electron chi connectivity index (χ2n) is 5.76. The van der Waals surface area contributed by atoms with Crippen LogP contribution in [0.2, 0.25) is 0 Å². The number of rotatable bonds is 5. The van der Waals surface area contributed by atoms with Gasteiger partial charge in [-0.25, -0.2) is 0 Å². The van der Waals surface area contributed by atoms with E-state index in [4.69, 9.17) is 5.11 Å². The van der Waals surface area contributed by atoms with E-state index in [1.165, 1.54) is 18.2 Å². The van der Waals surface area contributed by atoms with Crippen molar-refractivity contribution in [3.63, 3.8) is 0 Å². The maximum atomic E-state index is 12.4. The molecule has 0 radical (unpaired) electrons. The molecule has 0 unspecified atom stereocenters. The van der Waals surface area contributed by atoms with Gasteiger partial charge in [0.2, 0.25) is 5.91 Å². The number of halogens is 3. The number of carbonyl (C=O) groups is 2. The molecule has 24 heavy (non-hydrogen) atoms. The van der Waals surface area contributed by atoms with Gasteiger partial charge in [0.1, 0.15) is 5.75 Å². The van der Waals surface area contributed by atoms with Crippen LogP contribution in [0.3, 0.4) is 0 Å². The van der Waals surface area contributed by atoms with Crippen molar-refractivity contribution in [3.05, 3.63) is 29.8 Å². The van der Waals surface area contributed by atoms with Crippen molar-refractivity contribution >= 4 is 11.9 Å². The van der Waals surface area contributed by atoms with E-state index >= 15 is 0 Å². The lowest BCUT2D eigenvalue weighted by atomic mass is 9.81. The highest BCUT2D eigenvalue weighted by molar-refractivity contribution is 5.79. The highest BCUT2D eigenvalue weighted by atomic mass is 19.4. The summed E-state index contributed by atoms with van der Waals surface area (Å²) in [7, 11) is 0. The maximum Gasteiger partial charge on any atom is 0.573 e. The lowest BCUT2D eigenvalue weighted by Gasteiger charge is -2.25. The van der Waals surface area contributed by atoms with Gasteiger partial charge >= 0.3 is 12.3 Å². The first-order valence-corrected chi connectivity index (χ1v) is 7.60. The molecule has 5 nitrogen and oxygen atoms in total. The van der Waals surface area contributed by atoms with Gasteiger partial charge in [-0.15, -0.1) is 13.2 Å². The van der Waals surface area contributed by atoms with E-state index in [2.05, 4.69) is 10.1 Å². The number of aliphatic carboxylic acids is 1. The van der Waals surface area contributed by atoms with E-state index in [0.717, 1.165) is 0 Å². The topological polar surface area (TPSA) is 75.6 Å². The minimum Gasteiger partial charge on any atom is -0.481 e. The summed E-state index contributed by atoms with van der Waals surface area (Å²) in [6.45, 7) is -0.0794. The lowest BCUT2D eigenvalue weighted by Crippen LogP contribution is -2.34. The predicted octanol–water partition coefficient (Wildman–Crippen LogP) is 3.09. The highest BCUT2D eigenvalue weighted by Gasteiger charge is 2.32. The van der Waals surface area contributed by atoms with Gasteiger partial charge in [-0.3, -0.25) is 9.59 Å². The van der Waals surface area contributed by atoms with Gasteiger partial charge in [-0.1, -0.05) is 18.2 Å². The molecule has 0 atom stereocenters. The molecule has 8 heteroatoms. The molecule has 1 aliphatic rings. The third kappa shape index (κ3) is 5.14. The molecule has 0 spiro atoms. The molecule has 1 amide bonds. The smallest absolute Gasteiger partial charge is 0.481 e. The number of benzene rings is 1. The maximum absolute atomic E-state index is 12.4. The van der Waals surface area contributed by atoms with Crippen molar-refractivity contribution in [2.24, 2.45) is 11.8 Å². The fraction of sp³-hybridized carbons (Fsp3) is 0.500. The molecule has 0 saturated heterocycles. The zero-order valence-corrected chi connectivity index (χ0v) is 12.8. The molecule has 0 heterocycles. The minimum atomic E-state index is -4.80. The average Bonchev–Trinajstić information content (AvgIpc) is 2.52. The van der Waals surface area contributed by atoms with E-state index in [9.17, 15) is 22.8 Å². The minimum absolute atomic E-state index is 0.0794. The van der Waals surface area contributed by atoms with E-state index < -0.39 is 18.2 Å². The number of carboxylic acid groups (broad SMARTS) is 1. The fourth-order valence-corrected chi connectivity index (χ4v) is 2.80. The van der Waals surface area contributed by atoms with Crippen molar-refractivity contribution in [2.75, 3.05) is 0 Å². The quantitative estimate of drug-likeness (QED) is 0.860. The van der Waals surface area contributed by atoms with Crippen molar-refractivity contribution in [1.82, 2.24) is 5.32 Å². The van der Waals surface area contributed by atoms with Crippen LogP contribution in [0, 0.1) is 11.8 Å². The number of para-hydroxylation sites is 1. The highest BCUT2D eigenvalue weighted by Crippen LogP contribution is 2.30. The van der Waals surface area contributed by atoms with E-state index in [-0.39, 0.29) is 29.7 Å². The number of amides is 1. The summed E-state index contributed by atoms with van der Waals surface area (Å²) in [6.07, 6.45) is -3.01. The second-order valence-corrected chi connectivity index (χ2v) is 5.76. The van der Waals surface area contributed by atoms with E-state index in [1.807, 2.05) is 0 Å². The molecule has 2 rings (SSSR count). The third-order valence-electron chi connectivity index (χ3n) is 4.10. The van der Waals surface area contributed by atoms with Gasteiger partial charge < -0.3 is 15.2 Å². The first-order chi connectivity index (χ1) is 11.3. The van der Waals surface area contributed by atoms with Gasteiger partial charge in [-0.2, -0.15) is 0 Å². The van der Waals surface area contributed by atoms with Crippen LogP contribution in [-0.2, 0) is 16.1 Å². The normalized spacial score (nSPS) is 21.1. The van der Waals surface area contributed by atoms with Gasteiger partial charge in [0.25, 0.3) is 0 Å². The molecule has 0 bridgehead atoms. The van der Waals surface area contributed by atoms with Crippen molar-refractivity contribution in [2.45, 2.75) is 38.6 Å². The number of nitrogens with one attached hydrogen (secondary N) is 1. The summed E-state index contributed by atoms with van der Waals surface area (Å²) in [5.74, 6) is -2.21. The van der Waals surface area contributed by atoms with Crippen LogP contribution in [-0.4, -0.2) is 23.3 Å². The molecule has 132 valence electrons. The number of ether oxygens (including phenoxy) is 1. The standard InChI is InChI=1S/C16H18F3NO4/c17-16(18,19)24-13-4-2-1-3-12(13)9-20-14(21)10-5-7-11(8-6-10)15(22)23/h1-4,10-11H,5-9H2,(H,20,21)(H,22,23). The molecule has 1 saturated carbocycles. The predicted molar refractivity (Wildman–Crippen MR) is 78.1 cm³/mol. The molecule has 1 aromatic rings. The van der Waals surface area contributed by atoms with Gasteiger partial charge in [0.05, 0.1) is 5.92 Å². The number of carboxylic acids is 1. The molecule has 1 fully saturated rings. The van der Waals surface area contributed by atoms with Gasteiger partial charge in [-0.05, 0) is 31.7 Å². The Labute approximate surface area is 136 Å². The van der Waals surface area contributed by atoms with Crippen molar-refractivity contribution < 1.29 is 32.6 Å². The summed E-state index contributed by atoms with van der Waals surface area (Å²) >= 11 is 0. The van der Waals surface area contributed by atoms with E-state index in [0.29, 0.717) is 25.7 Å². The zero-order valence-electron chi connectivity index (χ0n) is 12.8. The van der Waals surface area contributed by atoms with Gasteiger partial charge in [0.15, 0.2) is 0 Å². The van der Waals surface area contributed by atoms with Crippen LogP contribution in [0.25, 0.3) is 0 Å². The van der Waals surface area contributed by atoms with Crippen LogP contribution in [0.4, 0.5) is 13.2 Å². The van der Waals surface area contributed by atoms with Crippen LogP contribution in [0.1, 0.15) is 31.2 Å². The number of carbonyl (C=O) groups excluding carboxylic acids is 1. The molecule has 0 aromatic heterocycles. The van der Waals surface area contributed by atoms with Crippen LogP contribution in [0.15, 0.2) is 24.3 Å². The second kappa shape index (κ2) is 7.55. The fourth-order valence-electron chi connectivity index (χ4n) is 2.80. The summed E-state index contributed by atoms with van der Waals surface area (Å²) in [5.41, 5.74) is 0.224. The third-order valence-corrected chi connectivity index (χ3v) is 4.10. The summed E-state index contributed by atoms with van der Waals surface area (Å²) in [4.78, 5) is 23.0. The number of hydrogen-bond acceptors (Lipinski definition) is 3. The van der Waals surface area contributed by atoms with Crippen LogP contribution in [0.5, 0.6) is 5.75 Å². The first-order valence-electron chi connectivity index (χ1n) is 7.60. The molecule has 2 N–H and O–H groups in total. The number of alkyl halides is 3. The van der Waals surface area contributed by atoms with Crippen LogP contribution < -0.4 is 10.1 Å². The van der Waals surface area contributed by atoms with Gasteiger partial charge in [0, 0.05) is 18.0 Å². The largest absolute Gasteiger partial charge is 0.573 e. The van der Waals surface area contributed by atoms with E-state index in [1.54, 1.807) is 6.07 Å². The first kappa shape index (κ1) is 18.1. The Hall–Kier alpha value is -2.25. The van der Waals surface area contributed by atoms with Crippen molar-refractivity contribution in [1.29, 1.82) is 0 Å². The summed E-state index contributed by atoms with van der Waals surface area (Å²) < 4.78 is 41.0. The van der Waals surface area contributed by atoms with Crippen LogP contribution >= 0.6 is 0 Å². The molecule has 1 aromatic carbocycles. The lowest BCUT2D eigenvalue weighted by molar-refractivity contribution is -0.274. The molecule has 1 aliphatic carbocycles. The molecular formula is C16H18F3NO4.